The topological polar surface area (TPSA) is 119 Å². The van der Waals surface area contributed by atoms with Gasteiger partial charge >= 0.3 is 12.3 Å². The third-order valence-electron chi connectivity index (χ3n) is 4.88. The van der Waals surface area contributed by atoms with Crippen LogP contribution < -0.4 is 25.4 Å². The van der Waals surface area contributed by atoms with Gasteiger partial charge in [0.1, 0.15) is 5.54 Å². The molecule has 3 aromatic rings. The van der Waals surface area contributed by atoms with Crippen LogP contribution in [0.2, 0.25) is 0 Å². The van der Waals surface area contributed by atoms with Gasteiger partial charge in [0.25, 0.3) is 11.8 Å². The van der Waals surface area contributed by atoms with E-state index in [1.54, 1.807) is 18.2 Å². The molecule has 0 saturated carbocycles. The number of ether oxygens (including phenoxy) is 2. The SMILES string of the molecule is CC1(c2cccc(C(=O)Nc3nc4cc5c(cc4s3)OC(F)(F)O5)c2)NC(=O)NC1=O. The van der Waals surface area contributed by atoms with E-state index < -0.39 is 29.7 Å². The number of rotatable bonds is 3. The number of fused-ring (bicyclic) bond motifs is 2. The lowest BCUT2D eigenvalue weighted by molar-refractivity contribution is -0.286. The first kappa shape index (κ1) is 19.2. The minimum Gasteiger partial charge on any atom is -0.395 e. The van der Waals surface area contributed by atoms with Crippen molar-refractivity contribution in [3.8, 4) is 11.5 Å². The van der Waals surface area contributed by atoms with E-state index >= 15 is 0 Å². The summed E-state index contributed by atoms with van der Waals surface area (Å²) in [4.78, 5) is 40.6. The molecule has 9 nitrogen and oxygen atoms in total. The highest BCUT2D eigenvalue weighted by atomic mass is 32.1. The van der Waals surface area contributed by atoms with Crippen molar-refractivity contribution in [2.24, 2.45) is 0 Å². The Labute approximate surface area is 176 Å². The molecule has 0 radical (unpaired) electrons. The average Bonchev–Trinajstić information content (AvgIpc) is 3.30. The van der Waals surface area contributed by atoms with Gasteiger partial charge in [-0.15, -0.1) is 8.78 Å². The molecule has 12 heteroatoms. The van der Waals surface area contributed by atoms with Gasteiger partial charge in [-0.2, -0.15) is 0 Å². The highest BCUT2D eigenvalue weighted by Gasteiger charge is 2.44. The maximum atomic E-state index is 13.2. The van der Waals surface area contributed by atoms with Crippen LogP contribution in [-0.4, -0.2) is 29.1 Å². The van der Waals surface area contributed by atoms with Crippen molar-refractivity contribution in [3.63, 3.8) is 0 Å². The molecule has 2 aliphatic rings. The highest BCUT2D eigenvalue weighted by Crippen LogP contribution is 2.44. The Bertz CT molecular complexity index is 1250. The molecule has 158 valence electrons. The largest absolute Gasteiger partial charge is 0.586 e. The molecule has 4 amide bonds. The number of halogens is 2. The molecule has 0 aliphatic carbocycles. The number of benzene rings is 2. The minimum absolute atomic E-state index is 0.114. The number of amides is 4. The minimum atomic E-state index is -3.72. The van der Waals surface area contributed by atoms with Crippen LogP contribution in [0, 0.1) is 0 Å². The molecule has 5 rings (SSSR count). The first-order chi connectivity index (χ1) is 14.6. The van der Waals surface area contributed by atoms with Crippen LogP contribution in [0.15, 0.2) is 36.4 Å². The molecule has 1 saturated heterocycles. The Hall–Kier alpha value is -3.80. The molecular formula is C19H12F2N4O5S. The highest BCUT2D eigenvalue weighted by molar-refractivity contribution is 7.22. The van der Waals surface area contributed by atoms with Crippen molar-refractivity contribution < 1.29 is 32.6 Å². The summed E-state index contributed by atoms with van der Waals surface area (Å²) in [5, 5.41) is 7.58. The van der Waals surface area contributed by atoms with E-state index in [1.165, 1.54) is 25.1 Å². The van der Waals surface area contributed by atoms with Crippen LogP contribution in [0.1, 0.15) is 22.8 Å². The Morgan fingerprint density at radius 2 is 1.90 bits per heavy atom. The average molecular weight is 446 g/mol. The molecule has 1 aromatic heterocycles. The number of hydrogen-bond acceptors (Lipinski definition) is 7. The monoisotopic (exact) mass is 446 g/mol. The second-order valence-corrected chi connectivity index (χ2v) is 8.05. The molecule has 2 aliphatic heterocycles. The number of carbonyl (C=O) groups is 3. The van der Waals surface area contributed by atoms with Gasteiger partial charge < -0.3 is 14.8 Å². The van der Waals surface area contributed by atoms with Gasteiger partial charge in [0.2, 0.25) is 0 Å². The summed E-state index contributed by atoms with van der Waals surface area (Å²) in [6.45, 7) is 1.53. The predicted octanol–water partition coefficient (Wildman–Crippen LogP) is 2.92. The molecule has 0 spiro atoms. The second kappa shape index (κ2) is 6.35. The first-order valence-electron chi connectivity index (χ1n) is 8.89. The van der Waals surface area contributed by atoms with E-state index in [2.05, 4.69) is 30.4 Å². The van der Waals surface area contributed by atoms with Gasteiger partial charge in [0, 0.05) is 17.7 Å². The molecule has 1 unspecified atom stereocenters. The van der Waals surface area contributed by atoms with Crippen LogP contribution in [-0.2, 0) is 10.3 Å². The lowest BCUT2D eigenvalue weighted by atomic mass is 9.91. The van der Waals surface area contributed by atoms with Gasteiger partial charge in [-0.1, -0.05) is 23.5 Å². The number of aromatic nitrogens is 1. The summed E-state index contributed by atoms with van der Waals surface area (Å²) >= 11 is 1.07. The molecule has 31 heavy (non-hydrogen) atoms. The first-order valence-corrected chi connectivity index (χ1v) is 9.70. The van der Waals surface area contributed by atoms with Gasteiger partial charge in [-0.3, -0.25) is 20.2 Å². The molecular weight excluding hydrogens is 434 g/mol. The van der Waals surface area contributed by atoms with Gasteiger partial charge in [-0.25, -0.2) is 9.78 Å². The summed E-state index contributed by atoms with van der Waals surface area (Å²) in [6.07, 6.45) is -3.72. The lowest BCUT2D eigenvalue weighted by Crippen LogP contribution is -2.40. The fourth-order valence-corrected chi connectivity index (χ4v) is 4.18. The standard InChI is InChI=1S/C19H12F2N4O5S/c1-18(15(27)24-16(28)25-18)9-4-2-3-8(5-9)14(26)23-17-22-10-6-11-12(7-13(10)31-17)30-19(20,21)29-11/h2-7H,1H3,(H,22,23,26)(H2,24,25,27,28). The number of urea groups is 1. The van der Waals surface area contributed by atoms with Crippen molar-refractivity contribution in [3.05, 3.63) is 47.5 Å². The predicted molar refractivity (Wildman–Crippen MR) is 104 cm³/mol. The lowest BCUT2D eigenvalue weighted by Gasteiger charge is -2.21. The zero-order valence-corrected chi connectivity index (χ0v) is 16.4. The van der Waals surface area contributed by atoms with Crippen LogP contribution >= 0.6 is 11.3 Å². The van der Waals surface area contributed by atoms with Gasteiger partial charge in [0.15, 0.2) is 16.6 Å². The van der Waals surface area contributed by atoms with Crippen LogP contribution in [0.4, 0.5) is 18.7 Å². The van der Waals surface area contributed by atoms with Crippen LogP contribution in [0.5, 0.6) is 11.5 Å². The third kappa shape index (κ3) is 3.20. The number of hydrogen-bond donors (Lipinski definition) is 3. The number of anilines is 1. The number of nitrogens with zero attached hydrogens (tertiary/aromatic N) is 1. The normalized spacial score (nSPS) is 21.1. The van der Waals surface area contributed by atoms with Gasteiger partial charge in [-0.05, 0) is 24.6 Å². The van der Waals surface area contributed by atoms with E-state index in [0.29, 0.717) is 15.8 Å². The van der Waals surface area contributed by atoms with E-state index in [9.17, 15) is 23.2 Å². The maximum Gasteiger partial charge on any atom is 0.586 e. The molecule has 1 atom stereocenters. The van der Waals surface area contributed by atoms with E-state index in [0.717, 1.165) is 11.3 Å². The van der Waals surface area contributed by atoms with E-state index in [-0.39, 0.29) is 22.2 Å². The molecule has 1 fully saturated rings. The quantitative estimate of drug-likeness (QED) is 0.533. The number of thiazole rings is 1. The molecule has 2 aromatic carbocycles. The second-order valence-electron chi connectivity index (χ2n) is 7.02. The van der Waals surface area contributed by atoms with Crippen LogP contribution in [0.3, 0.4) is 0 Å². The van der Waals surface area contributed by atoms with E-state index in [4.69, 9.17) is 0 Å². The fourth-order valence-electron chi connectivity index (χ4n) is 3.31. The summed E-state index contributed by atoms with van der Waals surface area (Å²) < 4.78 is 35.7. The van der Waals surface area contributed by atoms with E-state index in [1.807, 2.05) is 0 Å². The smallest absolute Gasteiger partial charge is 0.395 e. The number of imide groups is 1. The number of alkyl halides is 2. The van der Waals surface area contributed by atoms with Crippen molar-refractivity contribution in [2.45, 2.75) is 18.8 Å². The Morgan fingerprint density at radius 3 is 2.61 bits per heavy atom. The number of carbonyl (C=O) groups excluding carboxylic acids is 3. The summed E-state index contributed by atoms with van der Waals surface area (Å²) in [5.41, 5.74) is -0.279. The zero-order valence-electron chi connectivity index (χ0n) is 15.6. The fraction of sp³-hybridized carbons (Fsp3) is 0.158. The summed E-state index contributed by atoms with van der Waals surface area (Å²) in [5.74, 6) is -1.28. The van der Waals surface area contributed by atoms with Crippen molar-refractivity contribution in [2.75, 3.05) is 5.32 Å². The molecule has 3 heterocycles. The van der Waals surface area contributed by atoms with Crippen molar-refractivity contribution in [1.29, 1.82) is 0 Å². The van der Waals surface area contributed by atoms with Crippen LogP contribution in [0.25, 0.3) is 10.2 Å². The molecule has 3 N–H and O–H groups in total. The Kier molecular flexibility index (Phi) is 3.93. The van der Waals surface area contributed by atoms with Crippen molar-refractivity contribution in [1.82, 2.24) is 15.6 Å². The Morgan fingerprint density at radius 1 is 1.16 bits per heavy atom. The summed E-state index contributed by atoms with van der Waals surface area (Å²) in [7, 11) is 0. The molecule has 0 bridgehead atoms. The third-order valence-corrected chi connectivity index (χ3v) is 5.81. The van der Waals surface area contributed by atoms with Crippen molar-refractivity contribution >= 4 is 44.5 Å². The zero-order chi connectivity index (χ0) is 22.0. The van der Waals surface area contributed by atoms with Gasteiger partial charge in [0.05, 0.1) is 10.2 Å². The Balaban J connectivity index is 1.39. The number of nitrogens with one attached hydrogen (secondary N) is 3. The summed E-state index contributed by atoms with van der Waals surface area (Å²) in [6, 6.07) is 8.30. The maximum absolute atomic E-state index is 13.2.